The summed E-state index contributed by atoms with van der Waals surface area (Å²) in [6.45, 7) is 0.499. The highest BCUT2D eigenvalue weighted by molar-refractivity contribution is 5.84. The minimum atomic E-state index is -0.151. The summed E-state index contributed by atoms with van der Waals surface area (Å²) in [5, 5.41) is 19.1. The van der Waals surface area contributed by atoms with Gasteiger partial charge in [0, 0.05) is 29.9 Å². The molecule has 0 saturated carbocycles. The van der Waals surface area contributed by atoms with E-state index in [1.165, 1.54) is 6.07 Å². The molecule has 0 unspecified atom stereocenters. The third-order valence-electron chi connectivity index (χ3n) is 3.29. The molecule has 0 amide bonds. The van der Waals surface area contributed by atoms with Crippen LogP contribution in [0.5, 0.6) is 11.5 Å². The molecule has 0 aliphatic heterocycles. The predicted molar refractivity (Wildman–Crippen MR) is 84.6 cm³/mol. The fourth-order valence-electron chi connectivity index (χ4n) is 2.09. The maximum atomic E-state index is 9.69. The first-order valence-electron chi connectivity index (χ1n) is 6.82. The molecule has 0 radical (unpaired) electrons. The number of hydrogen-bond acceptors (Lipinski definition) is 4. The van der Waals surface area contributed by atoms with Crippen molar-refractivity contribution < 1.29 is 10.2 Å². The summed E-state index contributed by atoms with van der Waals surface area (Å²) in [4.78, 5) is 8.31. The molecule has 22 heavy (non-hydrogen) atoms. The molecule has 2 aromatic carbocycles. The molecule has 3 rings (SSSR count). The second kappa shape index (κ2) is 6.13. The maximum Gasteiger partial charge on any atom is 0.166 e. The van der Waals surface area contributed by atoms with Crippen molar-refractivity contribution in [1.82, 2.24) is 9.55 Å². The van der Waals surface area contributed by atoms with Gasteiger partial charge >= 0.3 is 0 Å². The number of rotatable bonds is 4. The van der Waals surface area contributed by atoms with Gasteiger partial charge in [-0.05, 0) is 29.8 Å². The van der Waals surface area contributed by atoms with Crippen LogP contribution >= 0.6 is 0 Å². The van der Waals surface area contributed by atoms with Gasteiger partial charge in [-0.25, -0.2) is 4.98 Å². The summed E-state index contributed by atoms with van der Waals surface area (Å²) in [5.74, 6) is -0.296. The van der Waals surface area contributed by atoms with E-state index in [-0.39, 0.29) is 11.5 Å². The van der Waals surface area contributed by atoms with Crippen LogP contribution in [0.25, 0.3) is 5.69 Å². The molecule has 2 N–H and O–H groups in total. The van der Waals surface area contributed by atoms with Gasteiger partial charge in [-0.3, -0.25) is 4.99 Å². The molecule has 1 heterocycles. The molecule has 0 aliphatic rings. The molecule has 1 aromatic heterocycles. The quantitative estimate of drug-likeness (QED) is 0.574. The Morgan fingerprint density at radius 3 is 2.64 bits per heavy atom. The zero-order valence-electron chi connectivity index (χ0n) is 11.8. The molecule has 0 bridgehead atoms. The van der Waals surface area contributed by atoms with Crippen molar-refractivity contribution in [2.75, 3.05) is 0 Å². The topological polar surface area (TPSA) is 70.6 Å². The lowest BCUT2D eigenvalue weighted by atomic mass is 10.2. The van der Waals surface area contributed by atoms with Gasteiger partial charge in [0.15, 0.2) is 11.5 Å². The average Bonchev–Trinajstić information content (AvgIpc) is 3.07. The molecule has 0 spiro atoms. The molecule has 0 atom stereocenters. The van der Waals surface area contributed by atoms with Gasteiger partial charge in [0.1, 0.15) is 0 Å². The van der Waals surface area contributed by atoms with Crippen LogP contribution in [0.3, 0.4) is 0 Å². The Bertz CT molecular complexity index is 778. The number of aromatic hydroxyl groups is 2. The Hall–Kier alpha value is -3.08. The van der Waals surface area contributed by atoms with Crippen LogP contribution in [-0.4, -0.2) is 26.0 Å². The molecule has 0 saturated heterocycles. The first-order chi connectivity index (χ1) is 10.7. The number of para-hydroxylation sites is 1. The first-order valence-corrected chi connectivity index (χ1v) is 6.82. The smallest absolute Gasteiger partial charge is 0.166 e. The predicted octanol–water partition coefficient (Wildman–Crippen LogP) is 2.90. The van der Waals surface area contributed by atoms with Crippen LogP contribution in [0.4, 0.5) is 0 Å². The van der Waals surface area contributed by atoms with Crippen LogP contribution < -0.4 is 0 Å². The van der Waals surface area contributed by atoms with Crippen LogP contribution in [0.1, 0.15) is 11.1 Å². The van der Waals surface area contributed by atoms with Crippen molar-refractivity contribution >= 4 is 6.21 Å². The van der Waals surface area contributed by atoms with E-state index in [1.807, 2.05) is 35.0 Å². The number of aromatic nitrogens is 2. The summed E-state index contributed by atoms with van der Waals surface area (Å²) < 4.78 is 1.93. The van der Waals surface area contributed by atoms with E-state index < -0.39 is 0 Å². The van der Waals surface area contributed by atoms with Crippen molar-refractivity contribution in [2.24, 2.45) is 4.99 Å². The summed E-state index contributed by atoms with van der Waals surface area (Å²) in [5.41, 5.74) is 2.59. The number of phenols is 2. The van der Waals surface area contributed by atoms with Gasteiger partial charge in [0.05, 0.1) is 12.9 Å². The Labute approximate surface area is 127 Å². The summed E-state index contributed by atoms with van der Waals surface area (Å²) >= 11 is 0. The van der Waals surface area contributed by atoms with E-state index in [0.717, 1.165) is 11.3 Å². The van der Waals surface area contributed by atoms with Gasteiger partial charge in [-0.1, -0.05) is 18.2 Å². The molecule has 5 heteroatoms. The minimum Gasteiger partial charge on any atom is -0.504 e. The highest BCUT2D eigenvalue weighted by Crippen LogP contribution is 2.26. The number of benzene rings is 2. The number of nitrogens with zero attached hydrogens (tertiary/aromatic N) is 3. The average molecular weight is 293 g/mol. The van der Waals surface area contributed by atoms with Crippen LogP contribution in [0.2, 0.25) is 0 Å². The summed E-state index contributed by atoms with van der Waals surface area (Å²) in [6, 6.07) is 12.8. The van der Waals surface area contributed by atoms with Crippen LogP contribution in [0, 0.1) is 0 Å². The molecular weight excluding hydrogens is 278 g/mol. The van der Waals surface area contributed by atoms with Gasteiger partial charge in [-0.2, -0.15) is 0 Å². The summed E-state index contributed by atoms with van der Waals surface area (Å²) in [6.07, 6.45) is 6.93. The lowest BCUT2D eigenvalue weighted by Crippen LogP contribution is -1.91. The monoisotopic (exact) mass is 293 g/mol. The molecule has 110 valence electrons. The van der Waals surface area contributed by atoms with E-state index in [2.05, 4.69) is 9.98 Å². The zero-order chi connectivity index (χ0) is 15.4. The highest BCUT2D eigenvalue weighted by atomic mass is 16.3. The van der Waals surface area contributed by atoms with Crippen molar-refractivity contribution in [3.63, 3.8) is 0 Å². The Morgan fingerprint density at radius 1 is 1.09 bits per heavy atom. The second-order valence-corrected chi connectivity index (χ2v) is 4.82. The normalized spacial score (nSPS) is 11.1. The number of hydrogen-bond donors (Lipinski definition) is 2. The zero-order valence-corrected chi connectivity index (χ0v) is 11.8. The lowest BCUT2D eigenvalue weighted by Gasteiger charge is -2.03. The standard InChI is InChI=1S/C17H15N3O2/c21-16-3-1-2-14(17(16)22)11-19-10-13-4-6-15(7-5-13)20-9-8-18-12-20/h1-9,11-12,21-22H,10H2. The van der Waals surface area contributed by atoms with Gasteiger partial charge < -0.3 is 14.8 Å². The fraction of sp³-hybridized carbons (Fsp3) is 0.0588. The SMILES string of the molecule is Oc1cccc(C=NCc2ccc(-n3ccnc3)cc2)c1O. The molecule has 3 aromatic rings. The molecule has 0 fully saturated rings. The minimum absolute atomic E-state index is 0.145. The maximum absolute atomic E-state index is 9.69. The number of aliphatic imine (C=N–C) groups is 1. The van der Waals surface area contributed by atoms with Crippen molar-refractivity contribution in [3.05, 3.63) is 72.3 Å². The molecule has 5 nitrogen and oxygen atoms in total. The second-order valence-electron chi connectivity index (χ2n) is 4.82. The van der Waals surface area contributed by atoms with Crippen LogP contribution in [-0.2, 0) is 6.54 Å². The van der Waals surface area contributed by atoms with Crippen LogP contribution in [0.15, 0.2) is 66.2 Å². The third kappa shape index (κ3) is 2.98. The lowest BCUT2D eigenvalue weighted by molar-refractivity contribution is 0.403. The molecular formula is C17H15N3O2. The highest BCUT2D eigenvalue weighted by Gasteiger charge is 2.02. The van der Waals surface area contributed by atoms with Gasteiger partial charge in [0.25, 0.3) is 0 Å². The van der Waals surface area contributed by atoms with Gasteiger partial charge in [-0.15, -0.1) is 0 Å². The van der Waals surface area contributed by atoms with Gasteiger partial charge in [0.2, 0.25) is 0 Å². The van der Waals surface area contributed by atoms with Crippen molar-refractivity contribution in [2.45, 2.75) is 6.54 Å². The number of imidazole rings is 1. The summed E-state index contributed by atoms with van der Waals surface area (Å²) in [7, 11) is 0. The van der Waals surface area contributed by atoms with Crippen molar-refractivity contribution in [3.8, 4) is 17.2 Å². The third-order valence-corrected chi connectivity index (χ3v) is 3.29. The van der Waals surface area contributed by atoms with E-state index in [4.69, 9.17) is 0 Å². The number of phenolic OH excluding ortho intramolecular Hbond substituents is 2. The first kappa shape index (κ1) is 13.9. The largest absolute Gasteiger partial charge is 0.504 e. The Morgan fingerprint density at radius 2 is 1.91 bits per heavy atom. The Balaban J connectivity index is 1.69. The van der Waals surface area contributed by atoms with E-state index in [1.54, 1.807) is 30.9 Å². The van der Waals surface area contributed by atoms with E-state index in [9.17, 15) is 10.2 Å². The van der Waals surface area contributed by atoms with Crippen molar-refractivity contribution in [1.29, 1.82) is 0 Å². The fourth-order valence-corrected chi connectivity index (χ4v) is 2.09. The Kier molecular flexibility index (Phi) is 3.87. The van der Waals surface area contributed by atoms with E-state index >= 15 is 0 Å². The molecule has 0 aliphatic carbocycles. The van der Waals surface area contributed by atoms with E-state index in [0.29, 0.717) is 12.1 Å².